The average Bonchev–Trinajstić information content (AvgIpc) is 3.96. The third kappa shape index (κ3) is 8.77. The summed E-state index contributed by atoms with van der Waals surface area (Å²) in [4.78, 5) is 46.3. The van der Waals surface area contributed by atoms with Crippen molar-refractivity contribution in [1.82, 2.24) is 19.2 Å². The molecule has 2 aliphatic carbocycles. The van der Waals surface area contributed by atoms with Gasteiger partial charge in [0.2, 0.25) is 0 Å². The van der Waals surface area contributed by atoms with Crippen molar-refractivity contribution >= 4 is 52.1 Å². The van der Waals surface area contributed by atoms with Gasteiger partial charge in [-0.3, -0.25) is 9.59 Å². The van der Waals surface area contributed by atoms with Gasteiger partial charge in [-0.1, -0.05) is 11.6 Å². The Labute approximate surface area is 276 Å². The number of ether oxygens (including phenoxy) is 2. The first-order chi connectivity index (χ1) is 22.4. The first-order valence-electron chi connectivity index (χ1n) is 15.5. The van der Waals surface area contributed by atoms with Gasteiger partial charge in [0.25, 0.3) is 11.8 Å². The number of hydrogen-bond donors (Lipinski definition) is 4. The van der Waals surface area contributed by atoms with Crippen molar-refractivity contribution in [1.29, 1.82) is 0 Å². The highest BCUT2D eigenvalue weighted by Crippen LogP contribution is 2.35. The number of hydrogen-bond acceptors (Lipinski definition) is 10. The summed E-state index contributed by atoms with van der Waals surface area (Å²) in [5.74, 6) is -0.633. The first kappa shape index (κ1) is 35.2. The molecule has 0 aromatic carbocycles. The van der Waals surface area contributed by atoms with Gasteiger partial charge in [0.1, 0.15) is 0 Å². The SMILES string of the molecule is CCOC(=O)c1cc2c(Cl)c(C(N)=O)cnn2c1.CCOC(=O)c1cc2c(N[C@H](C)C3CC3)c(C(N)=O)cnn2c1.C[C@@H](N)C1CC1. The van der Waals surface area contributed by atoms with Gasteiger partial charge >= 0.3 is 11.9 Å². The number of primary amides is 2. The second kappa shape index (κ2) is 15.3. The Bertz CT molecular complexity index is 1780. The van der Waals surface area contributed by atoms with Gasteiger partial charge in [-0.05, 0) is 77.3 Å². The van der Waals surface area contributed by atoms with Crippen LogP contribution >= 0.6 is 11.6 Å². The van der Waals surface area contributed by atoms with Crippen LogP contribution in [0, 0.1) is 11.8 Å². The minimum atomic E-state index is -0.672. The van der Waals surface area contributed by atoms with Crippen LogP contribution in [0.5, 0.6) is 0 Å². The molecule has 2 amide bonds. The van der Waals surface area contributed by atoms with Crippen LogP contribution in [0.3, 0.4) is 0 Å². The van der Waals surface area contributed by atoms with Crippen molar-refractivity contribution in [3.63, 3.8) is 0 Å². The summed E-state index contributed by atoms with van der Waals surface area (Å²) in [7, 11) is 0. The average molecular weight is 669 g/mol. The molecule has 0 bridgehead atoms. The number of nitrogens with one attached hydrogen (secondary N) is 1. The molecule has 2 aliphatic rings. The van der Waals surface area contributed by atoms with Crippen LogP contribution in [0.15, 0.2) is 36.9 Å². The minimum Gasteiger partial charge on any atom is -0.462 e. The van der Waals surface area contributed by atoms with Crippen LogP contribution in [-0.4, -0.2) is 68.3 Å². The third-order valence-electron chi connectivity index (χ3n) is 7.83. The lowest BCUT2D eigenvalue weighted by Crippen LogP contribution is -2.22. The van der Waals surface area contributed by atoms with E-state index in [4.69, 9.17) is 38.3 Å². The Balaban J connectivity index is 0.000000184. The van der Waals surface area contributed by atoms with E-state index in [0.717, 1.165) is 5.92 Å². The van der Waals surface area contributed by atoms with Crippen LogP contribution in [0.25, 0.3) is 11.0 Å². The maximum absolute atomic E-state index is 11.9. The standard InChI is InChI=1S/C16H20N4O3.C11H10ClN3O3.C5H11N/c1-3-23-16(22)11-6-13-14(19-9(2)10-4-5-10)12(15(17)21)7-18-20(13)8-11;1-2-18-11(17)6-3-8-9(12)7(10(13)16)4-14-15(8)5-6;1-4(6)5-2-3-5/h6-10,19H,3-5H2,1-2H3,(H2,17,21);3-5H,2H2,1H3,(H2,13,16);4-5H,2-3,6H2,1H3/t9-;;4-/m1.1/s1. The number of nitrogens with zero attached hydrogens (tertiary/aromatic N) is 4. The molecule has 14 nitrogen and oxygen atoms in total. The van der Waals surface area contributed by atoms with Gasteiger partial charge in [-0.15, -0.1) is 0 Å². The van der Waals surface area contributed by atoms with E-state index in [-0.39, 0.29) is 23.2 Å². The van der Waals surface area contributed by atoms with E-state index in [9.17, 15) is 19.2 Å². The number of nitrogens with two attached hydrogens (primary N) is 3. The number of amides is 2. The van der Waals surface area contributed by atoms with Gasteiger partial charge < -0.3 is 32.0 Å². The quantitative estimate of drug-likeness (QED) is 0.179. The molecule has 4 heterocycles. The summed E-state index contributed by atoms with van der Waals surface area (Å²) in [6.07, 6.45) is 10.8. The zero-order valence-electron chi connectivity index (χ0n) is 26.9. The van der Waals surface area contributed by atoms with Gasteiger partial charge in [-0.25, -0.2) is 18.6 Å². The molecule has 4 aromatic heterocycles. The second-order valence-electron chi connectivity index (χ2n) is 11.6. The maximum Gasteiger partial charge on any atom is 0.339 e. The predicted octanol–water partition coefficient (Wildman–Crippen LogP) is 3.83. The molecular weight excluding hydrogens is 628 g/mol. The van der Waals surface area contributed by atoms with Gasteiger partial charge in [0.05, 0.1) is 69.6 Å². The molecular formula is C32H41ClN8O6. The van der Waals surface area contributed by atoms with Crippen molar-refractivity contribution < 1.29 is 28.7 Å². The van der Waals surface area contributed by atoms with Gasteiger partial charge in [0, 0.05) is 24.5 Å². The highest BCUT2D eigenvalue weighted by molar-refractivity contribution is 6.37. The molecule has 2 saturated carbocycles. The Hall–Kier alpha value is -4.69. The number of fused-ring (bicyclic) bond motifs is 2. The number of aromatic nitrogens is 4. The summed E-state index contributed by atoms with van der Waals surface area (Å²) in [6, 6.07) is 3.85. The van der Waals surface area contributed by atoms with Crippen molar-refractivity contribution in [3.8, 4) is 0 Å². The molecule has 0 radical (unpaired) electrons. The van der Waals surface area contributed by atoms with Crippen molar-refractivity contribution in [2.75, 3.05) is 18.5 Å². The van der Waals surface area contributed by atoms with Crippen molar-refractivity contribution in [2.45, 2.75) is 65.5 Å². The fourth-order valence-electron chi connectivity index (χ4n) is 4.81. The predicted molar refractivity (Wildman–Crippen MR) is 177 cm³/mol. The molecule has 6 rings (SSSR count). The lowest BCUT2D eigenvalue weighted by molar-refractivity contribution is 0.0517. The molecule has 15 heteroatoms. The number of halogens is 1. The summed E-state index contributed by atoms with van der Waals surface area (Å²) >= 11 is 6.02. The van der Waals surface area contributed by atoms with Crippen molar-refractivity contribution in [2.24, 2.45) is 29.0 Å². The van der Waals surface area contributed by atoms with Gasteiger partial charge in [0.15, 0.2) is 0 Å². The topological polar surface area (TPSA) is 211 Å². The number of rotatable bonds is 10. The monoisotopic (exact) mass is 668 g/mol. The molecule has 2 atom stereocenters. The molecule has 2 fully saturated rings. The highest BCUT2D eigenvalue weighted by Gasteiger charge is 2.29. The lowest BCUT2D eigenvalue weighted by Gasteiger charge is -2.17. The zero-order valence-corrected chi connectivity index (χ0v) is 27.6. The van der Waals surface area contributed by atoms with E-state index >= 15 is 0 Å². The normalized spacial score (nSPS) is 15.0. The molecule has 0 aliphatic heterocycles. The maximum atomic E-state index is 11.9. The zero-order chi connectivity index (χ0) is 34.4. The van der Waals surface area contributed by atoms with E-state index in [0.29, 0.717) is 52.0 Å². The molecule has 0 saturated heterocycles. The summed E-state index contributed by atoms with van der Waals surface area (Å²) in [5, 5.41) is 11.6. The van der Waals surface area contributed by atoms with E-state index in [2.05, 4.69) is 29.4 Å². The molecule has 4 aromatic rings. The van der Waals surface area contributed by atoms with Crippen LogP contribution in [0.1, 0.15) is 94.8 Å². The van der Waals surface area contributed by atoms with Crippen LogP contribution in [0.2, 0.25) is 5.02 Å². The Morgan fingerprint density at radius 1 is 0.851 bits per heavy atom. The molecule has 7 N–H and O–H groups in total. The highest BCUT2D eigenvalue weighted by atomic mass is 35.5. The lowest BCUT2D eigenvalue weighted by atomic mass is 10.1. The summed E-state index contributed by atoms with van der Waals surface area (Å²) in [6.45, 7) is 8.20. The minimum absolute atomic E-state index is 0.109. The summed E-state index contributed by atoms with van der Waals surface area (Å²) in [5.41, 5.74) is 18.9. The van der Waals surface area contributed by atoms with E-state index in [1.807, 2.05) is 0 Å². The third-order valence-corrected chi connectivity index (χ3v) is 8.23. The molecule has 252 valence electrons. The van der Waals surface area contributed by atoms with E-state index < -0.39 is 23.8 Å². The van der Waals surface area contributed by atoms with Gasteiger partial charge in [-0.2, -0.15) is 10.2 Å². The van der Waals surface area contributed by atoms with Crippen LogP contribution in [0.4, 0.5) is 5.69 Å². The smallest absolute Gasteiger partial charge is 0.339 e. The molecule has 0 unspecified atom stereocenters. The Morgan fingerprint density at radius 2 is 1.32 bits per heavy atom. The largest absolute Gasteiger partial charge is 0.462 e. The number of carbonyl (C=O) groups excluding carboxylic acids is 4. The number of esters is 2. The fourth-order valence-corrected chi connectivity index (χ4v) is 5.09. The fraction of sp³-hybridized carbons (Fsp3) is 0.438. The number of carbonyl (C=O) groups is 4. The van der Waals surface area contributed by atoms with E-state index in [1.165, 1.54) is 54.9 Å². The van der Waals surface area contributed by atoms with Crippen molar-refractivity contribution in [3.05, 3.63) is 64.2 Å². The molecule has 0 spiro atoms. The first-order valence-corrected chi connectivity index (χ1v) is 15.9. The number of anilines is 1. The van der Waals surface area contributed by atoms with Crippen LogP contribution < -0.4 is 22.5 Å². The Morgan fingerprint density at radius 3 is 1.74 bits per heavy atom. The van der Waals surface area contributed by atoms with Crippen LogP contribution in [-0.2, 0) is 9.47 Å². The second-order valence-corrected chi connectivity index (χ2v) is 11.9. The summed E-state index contributed by atoms with van der Waals surface area (Å²) < 4.78 is 12.8. The Kier molecular flexibility index (Phi) is 11.4. The molecule has 47 heavy (non-hydrogen) atoms. The van der Waals surface area contributed by atoms with E-state index in [1.54, 1.807) is 30.6 Å².